The highest BCUT2D eigenvalue weighted by Crippen LogP contribution is 2.39. The van der Waals surface area contributed by atoms with Crippen molar-refractivity contribution in [2.24, 2.45) is 5.92 Å². The number of nitrogens with one attached hydrogen (secondary N) is 1. The van der Waals surface area contributed by atoms with Gasteiger partial charge in [-0.3, -0.25) is 4.57 Å². The minimum absolute atomic E-state index is 0.124. The minimum Gasteiger partial charge on any atom is -0.365 e. The van der Waals surface area contributed by atoms with Crippen molar-refractivity contribution >= 4 is 8.25 Å². The first-order valence-corrected chi connectivity index (χ1v) is 9.17. The fourth-order valence-corrected chi connectivity index (χ4v) is 3.48. The van der Waals surface area contributed by atoms with Crippen molar-refractivity contribution in [1.29, 1.82) is 0 Å². The van der Waals surface area contributed by atoms with Crippen molar-refractivity contribution in [1.82, 2.24) is 5.32 Å². The van der Waals surface area contributed by atoms with Crippen molar-refractivity contribution in [2.45, 2.75) is 71.0 Å². The Morgan fingerprint density at radius 3 is 2.57 bits per heavy atom. The van der Waals surface area contributed by atoms with Crippen LogP contribution in [0.4, 0.5) is 0 Å². The first-order chi connectivity index (χ1) is 10.7. The zero-order chi connectivity index (χ0) is 17.2. The highest BCUT2D eigenvalue weighted by Gasteiger charge is 2.55. The van der Waals surface area contributed by atoms with Crippen LogP contribution in [0.1, 0.15) is 34.6 Å². The molecule has 0 aromatic heterocycles. The summed E-state index contributed by atoms with van der Waals surface area (Å²) in [6, 6.07) is 0. The van der Waals surface area contributed by atoms with Crippen LogP contribution in [0.5, 0.6) is 0 Å². The van der Waals surface area contributed by atoms with E-state index in [2.05, 4.69) is 11.9 Å². The molecule has 2 aliphatic rings. The van der Waals surface area contributed by atoms with E-state index in [4.69, 9.17) is 23.3 Å². The monoisotopic (exact) mass is 349 g/mol. The number of rotatable bonds is 8. The molecule has 1 N–H and O–H groups in total. The maximum Gasteiger partial charge on any atom is 0.319 e. The number of hydrogen-bond donors (Lipinski definition) is 1. The molecule has 23 heavy (non-hydrogen) atoms. The topological polar surface area (TPSA) is 75.3 Å². The van der Waals surface area contributed by atoms with Gasteiger partial charge in [0, 0.05) is 0 Å². The largest absolute Gasteiger partial charge is 0.365 e. The first kappa shape index (κ1) is 18.9. The summed E-state index contributed by atoms with van der Waals surface area (Å²) in [5, 5.41) is 3.00. The first-order valence-electron chi connectivity index (χ1n) is 7.95. The molecule has 2 fully saturated rings. The summed E-state index contributed by atoms with van der Waals surface area (Å²) in [4.78, 5) is 0. The van der Waals surface area contributed by atoms with Gasteiger partial charge in [0.15, 0.2) is 12.0 Å². The van der Waals surface area contributed by atoms with E-state index in [9.17, 15) is 4.57 Å². The van der Waals surface area contributed by atoms with Gasteiger partial charge in [-0.05, 0) is 32.9 Å². The summed E-state index contributed by atoms with van der Waals surface area (Å²) in [5.41, 5.74) is 0. The summed E-state index contributed by atoms with van der Waals surface area (Å²) in [6.07, 6.45) is 0.112. The zero-order valence-electron chi connectivity index (χ0n) is 14.4. The van der Waals surface area contributed by atoms with Crippen LogP contribution >= 0.6 is 8.25 Å². The molecule has 2 saturated heterocycles. The second-order valence-corrected chi connectivity index (χ2v) is 7.68. The molecule has 8 heteroatoms. The summed E-state index contributed by atoms with van der Waals surface area (Å²) in [7, 11) is -2.57. The van der Waals surface area contributed by atoms with Crippen molar-refractivity contribution in [3.63, 3.8) is 0 Å². The molecule has 0 radical (unpaired) electrons. The Hall–Kier alpha value is -0.430. The smallest absolute Gasteiger partial charge is 0.319 e. The predicted molar refractivity (Wildman–Crippen MR) is 86.2 cm³/mol. The van der Waals surface area contributed by atoms with Gasteiger partial charge in [0.25, 0.3) is 0 Å². The Morgan fingerprint density at radius 1 is 1.30 bits per heavy atom. The number of ether oxygens (including phenoxy) is 3. The Balaban J connectivity index is 1.89. The summed E-state index contributed by atoms with van der Waals surface area (Å²) in [6.45, 7) is 13.3. The van der Waals surface area contributed by atoms with Gasteiger partial charge < -0.3 is 28.6 Å². The van der Waals surface area contributed by atoms with E-state index in [1.54, 1.807) is 6.20 Å². The SMILES string of the molecule is C=CN[C@@H]1OC(CO[PH](=O)O[C@H](C)C(C)C)[C@H]2OC(C)(C)O[C@@H]12. The molecule has 2 aliphatic heterocycles. The van der Waals surface area contributed by atoms with E-state index in [-0.39, 0.29) is 43.2 Å². The molecule has 0 aromatic rings. The average Bonchev–Trinajstić information content (AvgIpc) is 2.91. The summed E-state index contributed by atoms with van der Waals surface area (Å²) >= 11 is 0. The molecule has 0 saturated carbocycles. The maximum atomic E-state index is 11.9. The Bertz CT molecular complexity index is 444. The molecular weight excluding hydrogens is 321 g/mol. The summed E-state index contributed by atoms with van der Waals surface area (Å²) < 4.78 is 40.2. The second-order valence-electron chi connectivity index (χ2n) is 6.66. The Kier molecular flexibility index (Phi) is 6.28. The maximum absolute atomic E-state index is 11.9. The van der Waals surface area contributed by atoms with Crippen molar-refractivity contribution in [3.8, 4) is 0 Å². The van der Waals surface area contributed by atoms with Crippen molar-refractivity contribution < 1.29 is 27.8 Å². The Labute approximate surface area is 138 Å². The molecular formula is C15H28NO6P. The quantitative estimate of drug-likeness (QED) is 0.675. The molecule has 0 spiro atoms. The highest BCUT2D eigenvalue weighted by atomic mass is 31.1. The minimum atomic E-state index is -2.57. The van der Waals surface area contributed by atoms with Gasteiger partial charge in [-0.15, -0.1) is 0 Å². The lowest BCUT2D eigenvalue weighted by Gasteiger charge is -2.24. The standard InChI is InChI=1S/C15H28NO6P/c1-7-16-14-13-12(20-15(5,6)21-13)11(19-14)8-18-23(17)22-10(4)9(2)3/h7,9-14,16,23H,1,8H2,2-6H3/t10-,11?,12-,13-,14-/m1/s1. The number of hydrogen-bond acceptors (Lipinski definition) is 7. The molecule has 2 rings (SSSR count). The lowest BCUT2D eigenvalue weighted by molar-refractivity contribution is -0.191. The van der Waals surface area contributed by atoms with Gasteiger partial charge in [0.2, 0.25) is 0 Å². The van der Waals surface area contributed by atoms with E-state index in [1.807, 2.05) is 34.6 Å². The number of fused-ring (bicyclic) bond motifs is 1. The third-order valence-corrected chi connectivity index (χ3v) is 4.98. The van der Waals surface area contributed by atoms with Gasteiger partial charge in [-0.1, -0.05) is 20.4 Å². The molecule has 2 heterocycles. The van der Waals surface area contributed by atoms with E-state index in [0.717, 1.165) is 0 Å². The average molecular weight is 349 g/mol. The molecule has 0 aromatic carbocycles. The fraction of sp³-hybridized carbons (Fsp3) is 0.867. The third kappa shape index (κ3) is 4.78. The van der Waals surface area contributed by atoms with Crippen LogP contribution in [0.25, 0.3) is 0 Å². The van der Waals surface area contributed by atoms with Crippen molar-refractivity contribution in [3.05, 3.63) is 12.8 Å². The lowest BCUT2D eigenvalue weighted by atomic mass is 10.1. The van der Waals surface area contributed by atoms with Crippen LogP contribution in [0.2, 0.25) is 0 Å². The highest BCUT2D eigenvalue weighted by molar-refractivity contribution is 7.33. The van der Waals surface area contributed by atoms with Gasteiger partial charge in [-0.25, -0.2) is 0 Å². The molecule has 134 valence electrons. The Morgan fingerprint density at radius 2 is 1.96 bits per heavy atom. The van der Waals surface area contributed by atoms with Crippen LogP contribution in [-0.4, -0.2) is 43.0 Å². The second kappa shape index (κ2) is 7.64. The predicted octanol–water partition coefficient (Wildman–Crippen LogP) is 2.43. The third-order valence-electron chi connectivity index (χ3n) is 4.02. The van der Waals surface area contributed by atoms with Gasteiger partial charge in [0.05, 0.1) is 12.7 Å². The van der Waals surface area contributed by atoms with Crippen LogP contribution in [0.15, 0.2) is 12.8 Å². The van der Waals surface area contributed by atoms with E-state index < -0.39 is 14.0 Å². The molecule has 7 nitrogen and oxygen atoms in total. The van der Waals surface area contributed by atoms with E-state index in [1.165, 1.54) is 0 Å². The lowest BCUT2D eigenvalue weighted by Crippen LogP contribution is -2.37. The fourth-order valence-electron chi connectivity index (χ4n) is 2.54. The molecule has 0 aliphatic carbocycles. The van der Waals surface area contributed by atoms with Gasteiger partial charge >= 0.3 is 8.25 Å². The van der Waals surface area contributed by atoms with Crippen molar-refractivity contribution in [2.75, 3.05) is 6.61 Å². The molecule has 0 bridgehead atoms. The molecule has 2 unspecified atom stereocenters. The van der Waals surface area contributed by atoms with Gasteiger partial charge in [0.1, 0.15) is 18.3 Å². The molecule has 0 amide bonds. The zero-order valence-corrected chi connectivity index (χ0v) is 15.4. The van der Waals surface area contributed by atoms with Crippen LogP contribution in [-0.2, 0) is 27.8 Å². The van der Waals surface area contributed by atoms with E-state index in [0.29, 0.717) is 0 Å². The molecule has 6 atom stereocenters. The van der Waals surface area contributed by atoms with Crippen LogP contribution in [0, 0.1) is 5.92 Å². The van der Waals surface area contributed by atoms with Crippen LogP contribution < -0.4 is 5.32 Å². The van der Waals surface area contributed by atoms with E-state index >= 15 is 0 Å². The van der Waals surface area contributed by atoms with Crippen LogP contribution in [0.3, 0.4) is 0 Å². The normalized spacial score (nSPS) is 35.0. The van der Waals surface area contributed by atoms with Gasteiger partial charge in [-0.2, -0.15) is 0 Å². The summed E-state index contributed by atoms with van der Waals surface area (Å²) in [5.74, 6) is -0.417.